The summed E-state index contributed by atoms with van der Waals surface area (Å²) < 4.78 is 19.2. The van der Waals surface area contributed by atoms with E-state index >= 15 is 0 Å². The topological polar surface area (TPSA) is 52.0 Å². The summed E-state index contributed by atoms with van der Waals surface area (Å²) in [6, 6.07) is 14.5. The van der Waals surface area contributed by atoms with Crippen LogP contribution in [0.3, 0.4) is 0 Å². The number of halogens is 2. The Bertz CT molecular complexity index is 849. The van der Waals surface area contributed by atoms with Crippen molar-refractivity contribution in [3.05, 3.63) is 70.6 Å². The molecule has 2 aromatic carbocycles. The number of hydrogen-bond donors (Lipinski definition) is 1. The highest BCUT2D eigenvalue weighted by Crippen LogP contribution is 2.23. The van der Waals surface area contributed by atoms with E-state index in [-0.39, 0.29) is 12.4 Å². The average Bonchev–Trinajstić information content (AvgIpc) is 3.08. The highest BCUT2D eigenvalue weighted by atomic mass is 35.5. The Labute approximate surface area is 163 Å². The lowest BCUT2D eigenvalue weighted by Gasteiger charge is -2.04. The molecule has 0 atom stereocenters. The first kappa shape index (κ1) is 19.5. The van der Waals surface area contributed by atoms with E-state index in [0.717, 1.165) is 29.9 Å². The van der Waals surface area contributed by atoms with Gasteiger partial charge in [0.1, 0.15) is 17.2 Å². The fourth-order valence-corrected chi connectivity index (χ4v) is 2.99. The lowest BCUT2D eigenvalue weighted by molar-refractivity contribution is 0.194. The van der Waals surface area contributed by atoms with E-state index < -0.39 is 0 Å². The van der Waals surface area contributed by atoms with E-state index in [1.807, 2.05) is 30.3 Å². The van der Waals surface area contributed by atoms with Gasteiger partial charge in [-0.2, -0.15) is 15.0 Å². The van der Waals surface area contributed by atoms with E-state index in [0.29, 0.717) is 23.7 Å². The molecule has 0 aliphatic carbocycles. The van der Waals surface area contributed by atoms with Gasteiger partial charge in [-0.25, -0.2) is 4.39 Å². The number of hydrogen-bond acceptors (Lipinski definition) is 4. The molecule has 0 unspecified atom stereocenters. The average molecular weight is 389 g/mol. The normalized spacial score (nSPS) is 11.1. The molecule has 142 valence electrons. The molecule has 0 amide bonds. The number of rotatable bonds is 9. The zero-order valence-corrected chi connectivity index (χ0v) is 15.9. The summed E-state index contributed by atoms with van der Waals surface area (Å²) in [5.41, 5.74) is 2.94. The van der Waals surface area contributed by atoms with E-state index in [4.69, 9.17) is 16.3 Å². The molecule has 1 N–H and O–H groups in total. The fraction of sp³-hybridized carbons (Fsp3) is 0.300. The van der Waals surface area contributed by atoms with Gasteiger partial charge in [-0.3, -0.25) is 0 Å². The van der Waals surface area contributed by atoms with Crippen LogP contribution in [0, 0.1) is 5.82 Å². The summed E-state index contributed by atoms with van der Waals surface area (Å²) in [4.78, 5) is 1.50. The fourth-order valence-electron chi connectivity index (χ4n) is 2.77. The van der Waals surface area contributed by atoms with Crippen LogP contribution < -0.4 is 5.32 Å². The van der Waals surface area contributed by atoms with E-state index in [1.165, 1.54) is 10.9 Å². The third kappa shape index (κ3) is 5.13. The van der Waals surface area contributed by atoms with Gasteiger partial charge in [0, 0.05) is 36.4 Å². The summed E-state index contributed by atoms with van der Waals surface area (Å²) in [7, 11) is 1.69. The molecular weight excluding hydrogens is 367 g/mol. The first-order chi connectivity index (χ1) is 13.2. The summed E-state index contributed by atoms with van der Waals surface area (Å²) >= 11 is 6.14. The lowest BCUT2D eigenvalue weighted by Crippen LogP contribution is -2.17. The van der Waals surface area contributed by atoms with Gasteiger partial charge in [-0.05, 0) is 25.1 Å². The Morgan fingerprint density at radius 1 is 1.11 bits per heavy atom. The predicted octanol–water partition coefficient (Wildman–Crippen LogP) is 3.91. The Morgan fingerprint density at radius 2 is 1.93 bits per heavy atom. The summed E-state index contributed by atoms with van der Waals surface area (Å²) in [6.45, 7) is 2.26. The maximum Gasteiger partial charge on any atom is 0.129 e. The number of benzene rings is 2. The molecule has 7 heteroatoms. The van der Waals surface area contributed by atoms with Gasteiger partial charge in [0.25, 0.3) is 0 Å². The minimum Gasteiger partial charge on any atom is -0.385 e. The van der Waals surface area contributed by atoms with Crippen molar-refractivity contribution in [2.24, 2.45) is 0 Å². The minimum absolute atomic E-state index is 0.176. The van der Waals surface area contributed by atoms with Crippen LogP contribution in [0.2, 0.25) is 5.02 Å². The molecule has 0 aliphatic heterocycles. The standard InChI is InChI=1S/C20H22ClFN4O/c1-27-12-6-11-23-13-19-20(15-7-3-2-4-8-15)25-26(24-19)14-16-17(21)9-5-10-18(16)22/h2-5,7-10,23H,6,11-14H2,1H3. The van der Waals surface area contributed by atoms with Crippen LogP contribution in [0.1, 0.15) is 17.7 Å². The maximum absolute atomic E-state index is 14.1. The Balaban J connectivity index is 1.83. The quantitative estimate of drug-likeness (QED) is 0.564. The zero-order chi connectivity index (χ0) is 19.1. The van der Waals surface area contributed by atoms with Crippen molar-refractivity contribution in [2.75, 3.05) is 20.3 Å². The van der Waals surface area contributed by atoms with Gasteiger partial charge in [-0.1, -0.05) is 48.0 Å². The number of ether oxygens (including phenoxy) is 1. The van der Waals surface area contributed by atoms with Gasteiger partial charge in [0.05, 0.1) is 6.54 Å². The second-order valence-electron chi connectivity index (χ2n) is 6.12. The monoisotopic (exact) mass is 388 g/mol. The Morgan fingerprint density at radius 3 is 2.67 bits per heavy atom. The highest BCUT2D eigenvalue weighted by molar-refractivity contribution is 6.31. The predicted molar refractivity (Wildman–Crippen MR) is 104 cm³/mol. The smallest absolute Gasteiger partial charge is 0.129 e. The minimum atomic E-state index is -0.361. The number of nitrogens with zero attached hydrogens (tertiary/aromatic N) is 3. The molecule has 0 bridgehead atoms. The maximum atomic E-state index is 14.1. The largest absolute Gasteiger partial charge is 0.385 e. The molecule has 0 spiro atoms. The molecule has 3 aromatic rings. The zero-order valence-electron chi connectivity index (χ0n) is 15.2. The molecule has 1 heterocycles. The van der Waals surface area contributed by atoms with Crippen LogP contribution in [0.4, 0.5) is 4.39 Å². The van der Waals surface area contributed by atoms with Crippen molar-refractivity contribution in [1.82, 2.24) is 20.3 Å². The number of nitrogens with one attached hydrogen (secondary N) is 1. The Kier molecular flexibility index (Phi) is 6.92. The summed E-state index contributed by atoms with van der Waals surface area (Å²) in [6.07, 6.45) is 0.913. The van der Waals surface area contributed by atoms with E-state index in [1.54, 1.807) is 19.2 Å². The van der Waals surface area contributed by atoms with Crippen molar-refractivity contribution >= 4 is 11.6 Å². The van der Waals surface area contributed by atoms with Crippen molar-refractivity contribution in [3.63, 3.8) is 0 Å². The van der Waals surface area contributed by atoms with Crippen molar-refractivity contribution in [2.45, 2.75) is 19.5 Å². The van der Waals surface area contributed by atoms with E-state index in [2.05, 4.69) is 15.5 Å². The van der Waals surface area contributed by atoms with Crippen molar-refractivity contribution in [3.8, 4) is 11.3 Å². The third-order valence-corrected chi connectivity index (χ3v) is 4.48. The van der Waals surface area contributed by atoms with Gasteiger partial charge >= 0.3 is 0 Å². The molecule has 0 fully saturated rings. The van der Waals surface area contributed by atoms with Crippen LogP contribution >= 0.6 is 11.6 Å². The van der Waals surface area contributed by atoms with Gasteiger partial charge in [-0.15, -0.1) is 0 Å². The van der Waals surface area contributed by atoms with Gasteiger partial charge < -0.3 is 10.1 Å². The number of methoxy groups -OCH3 is 1. The van der Waals surface area contributed by atoms with E-state index in [9.17, 15) is 4.39 Å². The van der Waals surface area contributed by atoms with Crippen LogP contribution in [-0.4, -0.2) is 35.3 Å². The summed E-state index contributed by atoms with van der Waals surface area (Å²) in [5.74, 6) is -0.361. The second-order valence-corrected chi connectivity index (χ2v) is 6.52. The summed E-state index contributed by atoms with van der Waals surface area (Å²) in [5, 5.41) is 12.9. The molecule has 3 rings (SSSR count). The SMILES string of the molecule is COCCCNCc1nn(Cc2c(F)cccc2Cl)nc1-c1ccccc1. The Hall–Kier alpha value is -2.28. The van der Waals surface area contributed by atoms with Gasteiger partial charge in [0.2, 0.25) is 0 Å². The molecule has 27 heavy (non-hydrogen) atoms. The van der Waals surface area contributed by atoms with Crippen LogP contribution in [0.25, 0.3) is 11.3 Å². The first-order valence-corrected chi connectivity index (χ1v) is 9.19. The van der Waals surface area contributed by atoms with Crippen LogP contribution in [0.5, 0.6) is 0 Å². The lowest BCUT2D eigenvalue weighted by atomic mass is 10.1. The van der Waals surface area contributed by atoms with Crippen molar-refractivity contribution < 1.29 is 9.13 Å². The molecule has 0 saturated carbocycles. The van der Waals surface area contributed by atoms with Gasteiger partial charge in [0.15, 0.2) is 0 Å². The molecule has 0 aliphatic rings. The second kappa shape index (κ2) is 9.60. The molecule has 1 aromatic heterocycles. The molecule has 0 radical (unpaired) electrons. The highest BCUT2D eigenvalue weighted by Gasteiger charge is 2.15. The first-order valence-electron chi connectivity index (χ1n) is 8.81. The van der Waals surface area contributed by atoms with Crippen LogP contribution in [0.15, 0.2) is 48.5 Å². The van der Waals surface area contributed by atoms with Crippen molar-refractivity contribution in [1.29, 1.82) is 0 Å². The number of aromatic nitrogens is 3. The van der Waals surface area contributed by atoms with Crippen LogP contribution in [-0.2, 0) is 17.8 Å². The molecule has 0 saturated heterocycles. The molecular formula is C20H22ClFN4O. The molecule has 5 nitrogen and oxygen atoms in total. The third-order valence-electron chi connectivity index (χ3n) is 4.13.